The zero-order valence-corrected chi connectivity index (χ0v) is 11.1. The second-order valence-electron chi connectivity index (χ2n) is 3.83. The first-order chi connectivity index (χ1) is 8.58. The minimum absolute atomic E-state index is 0.223. The van der Waals surface area contributed by atoms with Crippen LogP contribution in [0.15, 0.2) is 41.0 Å². The summed E-state index contributed by atoms with van der Waals surface area (Å²) >= 11 is 11.7. The molecule has 1 heterocycles. The standard InChI is InChI=1S/C13H11Cl2NO2/c1-8(12-3-2-6-18-12)16-13(17)10-5-4-9(14)7-11(10)15/h2-8H,1H3,(H,16,17). The molecule has 0 aliphatic rings. The van der Waals surface area contributed by atoms with Crippen LogP contribution in [0.3, 0.4) is 0 Å². The molecule has 1 amide bonds. The van der Waals surface area contributed by atoms with Gasteiger partial charge in [-0.2, -0.15) is 0 Å². The van der Waals surface area contributed by atoms with Crippen molar-refractivity contribution in [2.24, 2.45) is 0 Å². The predicted octanol–water partition coefficient (Wildman–Crippen LogP) is 4.08. The second-order valence-corrected chi connectivity index (χ2v) is 4.68. The summed E-state index contributed by atoms with van der Waals surface area (Å²) in [4.78, 5) is 12.0. The number of halogens is 2. The van der Waals surface area contributed by atoms with Crippen LogP contribution in [0.5, 0.6) is 0 Å². The molecule has 1 unspecified atom stereocenters. The molecule has 2 rings (SSSR count). The molecular formula is C13H11Cl2NO2. The van der Waals surface area contributed by atoms with Gasteiger partial charge in [0.2, 0.25) is 0 Å². The van der Waals surface area contributed by atoms with Gasteiger partial charge < -0.3 is 9.73 Å². The molecule has 1 aromatic heterocycles. The summed E-state index contributed by atoms with van der Waals surface area (Å²) in [7, 11) is 0. The number of amides is 1. The van der Waals surface area contributed by atoms with E-state index in [0.717, 1.165) is 0 Å². The minimum Gasteiger partial charge on any atom is -0.467 e. The third-order valence-corrected chi connectivity index (χ3v) is 3.04. The summed E-state index contributed by atoms with van der Waals surface area (Å²) in [6.45, 7) is 1.83. The van der Waals surface area contributed by atoms with Crippen LogP contribution in [0.2, 0.25) is 10.0 Å². The highest BCUT2D eigenvalue weighted by Gasteiger charge is 2.15. The van der Waals surface area contributed by atoms with Crippen LogP contribution in [0.4, 0.5) is 0 Å². The van der Waals surface area contributed by atoms with Crippen molar-refractivity contribution in [2.75, 3.05) is 0 Å². The van der Waals surface area contributed by atoms with Gasteiger partial charge in [-0.15, -0.1) is 0 Å². The molecule has 94 valence electrons. The lowest BCUT2D eigenvalue weighted by Crippen LogP contribution is -2.26. The van der Waals surface area contributed by atoms with Gasteiger partial charge in [0.15, 0.2) is 0 Å². The first-order valence-electron chi connectivity index (χ1n) is 5.37. The molecule has 1 N–H and O–H groups in total. The summed E-state index contributed by atoms with van der Waals surface area (Å²) in [5.41, 5.74) is 0.388. The molecule has 1 atom stereocenters. The number of hydrogen-bond donors (Lipinski definition) is 1. The van der Waals surface area contributed by atoms with Crippen LogP contribution in [-0.2, 0) is 0 Å². The Labute approximate surface area is 115 Å². The summed E-state index contributed by atoms with van der Waals surface area (Å²) in [5, 5.41) is 3.62. The summed E-state index contributed by atoms with van der Waals surface area (Å²) in [6, 6.07) is 8.10. The van der Waals surface area contributed by atoms with Gasteiger partial charge >= 0.3 is 0 Å². The maximum Gasteiger partial charge on any atom is 0.253 e. The first kappa shape index (κ1) is 13.0. The van der Waals surface area contributed by atoms with E-state index in [2.05, 4.69) is 5.32 Å². The SMILES string of the molecule is CC(NC(=O)c1ccc(Cl)cc1Cl)c1ccco1. The molecule has 3 nitrogen and oxygen atoms in total. The van der Waals surface area contributed by atoms with Crippen LogP contribution in [0.1, 0.15) is 29.1 Å². The quantitative estimate of drug-likeness (QED) is 0.922. The van der Waals surface area contributed by atoms with Crippen LogP contribution in [0.25, 0.3) is 0 Å². The highest BCUT2D eigenvalue weighted by Crippen LogP contribution is 2.22. The second kappa shape index (κ2) is 5.46. The van der Waals surface area contributed by atoms with Gasteiger partial charge in [-0.25, -0.2) is 0 Å². The van der Waals surface area contributed by atoms with Gasteiger partial charge in [0.25, 0.3) is 5.91 Å². The number of rotatable bonds is 3. The number of carbonyl (C=O) groups excluding carboxylic acids is 1. The monoisotopic (exact) mass is 283 g/mol. The van der Waals surface area contributed by atoms with Gasteiger partial charge in [0.1, 0.15) is 5.76 Å². The van der Waals surface area contributed by atoms with Crippen molar-refractivity contribution < 1.29 is 9.21 Å². The Bertz CT molecular complexity index is 552. The predicted molar refractivity (Wildman–Crippen MR) is 71.1 cm³/mol. The topological polar surface area (TPSA) is 42.2 Å². The number of carbonyl (C=O) groups is 1. The normalized spacial score (nSPS) is 12.2. The zero-order chi connectivity index (χ0) is 13.1. The van der Waals surface area contributed by atoms with E-state index < -0.39 is 0 Å². The van der Waals surface area contributed by atoms with Crippen molar-refractivity contribution in [3.63, 3.8) is 0 Å². The van der Waals surface area contributed by atoms with Crippen molar-refractivity contribution in [1.82, 2.24) is 5.32 Å². The number of benzene rings is 1. The number of nitrogens with one attached hydrogen (secondary N) is 1. The van der Waals surface area contributed by atoms with E-state index in [9.17, 15) is 4.79 Å². The molecule has 18 heavy (non-hydrogen) atoms. The Hall–Kier alpha value is -1.45. The number of hydrogen-bond acceptors (Lipinski definition) is 2. The Balaban J connectivity index is 2.12. The lowest BCUT2D eigenvalue weighted by molar-refractivity contribution is 0.0935. The molecular weight excluding hydrogens is 273 g/mol. The van der Waals surface area contributed by atoms with E-state index in [1.54, 1.807) is 30.5 Å². The lowest BCUT2D eigenvalue weighted by Gasteiger charge is -2.12. The largest absolute Gasteiger partial charge is 0.467 e. The van der Waals surface area contributed by atoms with E-state index in [-0.39, 0.29) is 11.9 Å². The lowest BCUT2D eigenvalue weighted by atomic mass is 10.2. The fraction of sp³-hybridized carbons (Fsp3) is 0.154. The average molecular weight is 284 g/mol. The van der Waals surface area contributed by atoms with Crippen LogP contribution in [0, 0.1) is 0 Å². The Morgan fingerprint density at radius 3 is 2.72 bits per heavy atom. The molecule has 0 fully saturated rings. The van der Waals surface area contributed by atoms with Gasteiger partial charge in [-0.3, -0.25) is 4.79 Å². The summed E-state index contributed by atoms with van der Waals surface area (Å²) < 4.78 is 5.21. The third kappa shape index (κ3) is 2.86. The molecule has 1 aromatic carbocycles. The van der Waals surface area contributed by atoms with Crippen LogP contribution >= 0.6 is 23.2 Å². The third-order valence-electron chi connectivity index (χ3n) is 2.49. The van der Waals surface area contributed by atoms with E-state index in [1.165, 1.54) is 6.07 Å². The first-order valence-corrected chi connectivity index (χ1v) is 6.13. The summed E-state index contributed by atoms with van der Waals surface area (Å²) in [6.07, 6.45) is 1.56. The van der Waals surface area contributed by atoms with Crippen LogP contribution in [-0.4, -0.2) is 5.91 Å². The number of furan rings is 1. The molecule has 5 heteroatoms. The average Bonchev–Trinajstić information content (AvgIpc) is 2.81. The Morgan fingerprint density at radius 2 is 2.11 bits per heavy atom. The maximum absolute atomic E-state index is 12.0. The van der Waals surface area contributed by atoms with Gasteiger partial charge in [-0.05, 0) is 37.3 Å². The Morgan fingerprint density at radius 1 is 1.33 bits per heavy atom. The Kier molecular flexibility index (Phi) is 3.94. The molecule has 0 bridgehead atoms. The van der Waals surface area contributed by atoms with E-state index in [4.69, 9.17) is 27.6 Å². The van der Waals surface area contributed by atoms with E-state index in [0.29, 0.717) is 21.4 Å². The fourth-order valence-corrected chi connectivity index (χ4v) is 2.05. The van der Waals surface area contributed by atoms with Gasteiger partial charge in [-0.1, -0.05) is 23.2 Å². The van der Waals surface area contributed by atoms with Crippen molar-refractivity contribution >= 4 is 29.1 Å². The van der Waals surface area contributed by atoms with Crippen molar-refractivity contribution in [3.05, 3.63) is 58.0 Å². The van der Waals surface area contributed by atoms with Crippen molar-refractivity contribution in [3.8, 4) is 0 Å². The molecule has 0 spiro atoms. The van der Waals surface area contributed by atoms with Crippen molar-refractivity contribution in [2.45, 2.75) is 13.0 Å². The molecule has 0 radical (unpaired) electrons. The maximum atomic E-state index is 12.0. The van der Waals surface area contributed by atoms with Crippen LogP contribution < -0.4 is 5.32 Å². The smallest absolute Gasteiger partial charge is 0.253 e. The molecule has 0 aliphatic carbocycles. The highest BCUT2D eigenvalue weighted by atomic mass is 35.5. The summed E-state index contributed by atoms with van der Waals surface area (Å²) in [5.74, 6) is 0.425. The van der Waals surface area contributed by atoms with Crippen molar-refractivity contribution in [1.29, 1.82) is 0 Å². The zero-order valence-electron chi connectivity index (χ0n) is 9.61. The molecule has 0 saturated carbocycles. The van der Waals surface area contributed by atoms with E-state index in [1.807, 2.05) is 6.92 Å². The van der Waals surface area contributed by atoms with Gasteiger partial charge in [0.05, 0.1) is 22.9 Å². The fourth-order valence-electron chi connectivity index (χ4n) is 1.56. The highest BCUT2D eigenvalue weighted by molar-refractivity contribution is 6.36. The molecule has 0 saturated heterocycles. The minimum atomic E-state index is -0.263. The molecule has 0 aliphatic heterocycles. The van der Waals surface area contributed by atoms with E-state index >= 15 is 0 Å². The van der Waals surface area contributed by atoms with Gasteiger partial charge in [0, 0.05) is 5.02 Å². The molecule has 2 aromatic rings.